The Balaban J connectivity index is 1.77. The summed E-state index contributed by atoms with van der Waals surface area (Å²) >= 11 is 11.7. The summed E-state index contributed by atoms with van der Waals surface area (Å²) in [4.78, 5) is 15.7. The maximum atomic E-state index is 11.8. The van der Waals surface area contributed by atoms with Crippen molar-refractivity contribution in [3.05, 3.63) is 47.0 Å². The van der Waals surface area contributed by atoms with E-state index in [0.29, 0.717) is 22.3 Å². The van der Waals surface area contributed by atoms with Crippen LogP contribution in [0.1, 0.15) is 6.92 Å². The zero-order valence-corrected chi connectivity index (χ0v) is 12.9. The van der Waals surface area contributed by atoms with Crippen molar-refractivity contribution in [1.82, 2.24) is 14.9 Å². The van der Waals surface area contributed by atoms with E-state index in [9.17, 15) is 4.79 Å². The second-order valence-corrected chi connectivity index (χ2v) is 5.41. The minimum Gasteiger partial charge on any atom is -0.484 e. The molecule has 2 aromatic rings. The number of carbonyl (C=O) groups excluding carboxylic acids is 1. The van der Waals surface area contributed by atoms with Gasteiger partial charge in [-0.15, -0.1) is 0 Å². The normalized spacial score (nSPS) is 12.0. The number of amides is 1. The van der Waals surface area contributed by atoms with E-state index in [1.54, 1.807) is 30.7 Å². The highest BCUT2D eigenvalue weighted by atomic mass is 35.5. The summed E-state index contributed by atoms with van der Waals surface area (Å²) in [7, 11) is 0. The Hall–Kier alpha value is -1.72. The fraction of sp³-hybridized carbons (Fsp3) is 0.286. The SMILES string of the molecule is CC(Cn1ccnc1)NC(=O)COc1ccc(Cl)c(Cl)c1. The predicted molar refractivity (Wildman–Crippen MR) is 81.8 cm³/mol. The number of nitrogens with zero attached hydrogens (tertiary/aromatic N) is 2. The Morgan fingerprint density at radius 1 is 1.43 bits per heavy atom. The van der Waals surface area contributed by atoms with Crippen LogP contribution in [-0.4, -0.2) is 28.1 Å². The van der Waals surface area contributed by atoms with Crippen LogP contribution in [0.15, 0.2) is 36.9 Å². The summed E-state index contributed by atoms with van der Waals surface area (Å²) in [6, 6.07) is 4.84. The molecule has 0 spiro atoms. The van der Waals surface area contributed by atoms with E-state index in [4.69, 9.17) is 27.9 Å². The highest BCUT2D eigenvalue weighted by Gasteiger charge is 2.09. The number of imidazole rings is 1. The van der Waals surface area contributed by atoms with Crippen molar-refractivity contribution >= 4 is 29.1 Å². The molecule has 2 rings (SSSR count). The van der Waals surface area contributed by atoms with Crippen LogP contribution in [-0.2, 0) is 11.3 Å². The van der Waals surface area contributed by atoms with Gasteiger partial charge in [-0.05, 0) is 19.1 Å². The molecule has 0 saturated carbocycles. The first-order chi connectivity index (χ1) is 10.0. The van der Waals surface area contributed by atoms with E-state index in [2.05, 4.69) is 10.3 Å². The first-order valence-corrected chi connectivity index (χ1v) is 7.13. The van der Waals surface area contributed by atoms with Crippen LogP contribution in [0.5, 0.6) is 5.75 Å². The molecular formula is C14H15Cl2N3O2. The molecule has 21 heavy (non-hydrogen) atoms. The maximum absolute atomic E-state index is 11.8. The number of benzene rings is 1. The molecule has 0 aliphatic carbocycles. The lowest BCUT2D eigenvalue weighted by Crippen LogP contribution is -2.38. The van der Waals surface area contributed by atoms with E-state index in [1.807, 2.05) is 17.7 Å². The lowest BCUT2D eigenvalue weighted by atomic mass is 10.3. The molecule has 1 aromatic heterocycles. The molecule has 1 aromatic carbocycles. The van der Waals surface area contributed by atoms with Gasteiger partial charge >= 0.3 is 0 Å². The van der Waals surface area contributed by atoms with Crippen molar-refractivity contribution in [2.24, 2.45) is 0 Å². The summed E-state index contributed by atoms with van der Waals surface area (Å²) < 4.78 is 7.26. The van der Waals surface area contributed by atoms with Crippen molar-refractivity contribution in [2.75, 3.05) is 6.61 Å². The topological polar surface area (TPSA) is 56.2 Å². The third-order valence-electron chi connectivity index (χ3n) is 2.71. The molecule has 0 saturated heterocycles. The van der Waals surface area contributed by atoms with Gasteiger partial charge in [-0.3, -0.25) is 4.79 Å². The lowest BCUT2D eigenvalue weighted by Gasteiger charge is -2.14. The fourth-order valence-electron chi connectivity index (χ4n) is 1.79. The summed E-state index contributed by atoms with van der Waals surface area (Å²) in [5.41, 5.74) is 0. The molecule has 0 aliphatic heterocycles. The van der Waals surface area contributed by atoms with Gasteiger partial charge in [0.15, 0.2) is 6.61 Å². The van der Waals surface area contributed by atoms with Gasteiger partial charge in [-0.25, -0.2) is 4.98 Å². The van der Waals surface area contributed by atoms with Crippen molar-refractivity contribution in [2.45, 2.75) is 19.5 Å². The summed E-state index contributed by atoms with van der Waals surface area (Å²) in [6.07, 6.45) is 5.24. The monoisotopic (exact) mass is 327 g/mol. The van der Waals surface area contributed by atoms with Crippen molar-refractivity contribution in [3.8, 4) is 5.75 Å². The maximum Gasteiger partial charge on any atom is 0.258 e. The van der Waals surface area contributed by atoms with Crippen LogP contribution in [0.4, 0.5) is 0 Å². The highest BCUT2D eigenvalue weighted by Crippen LogP contribution is 2.26. The quantitative estimate of drug-likeness (QED) is 0.887. The average molecular weight is 328 g/mol. The number of halogens is 2. The minimum absolute atomic E-state index is 0.0240. The molecule has 1 unspecified atom stereocenters. The average Bonchev–Trinajstić information content (AvgIpc) is 2.92. The Labute approximate surface area is 132 Å². The van der Waals surface area contributed by atoms with Gasteiger partial charge in [0.1, 0.15) is 5.75 Å². The molecule has 1 amide bonds. The Bertz CT molecular complexity index is 602. The number of rotatable bonds is 6. The van der Waals surface area contributed by atoms with Gasteiger partial charge in [0.2, 0.25) is 0 Å². The number of carbonyl (C=O) groups is 1. The Morgan fingerprint density at radius 3 is 2.90 bits per heavy atom. The van der Waals surface area contributed by atoms with Gasteiger partial charge in [0.05, 0.1) is 16.4 Å². The van der Waals surface area contributed by atoms with Crippen molar-refractivity contribution in [3.63, 3.8) is 0 Å². The first-order valence-electron chi connectivity index (χ1n) is 6.37. The van der Waals surface area contributed by atoms with E-state index in [-0.39, 0.29) is 18.6 Å². The third-order valence-corrected chi connectivity index (χ3v) is 3.45. The smallest absolute Gasteiger partial charge is 0.258 e. The van der Waals surface area contributed by atoms with Crippen LogP contribution in [0, 0.1) is 0 Å². The molecule has 1 atom stereocenters. The molecule has 0 radical (unpaired) electrons. The Morgan fingerprint density at radius 2 is 2.24 bits per heavy atom. The molecule has 0 aliphatic rings. The van der Waals surface area contributed by atoms with E-state index in [1.165, 1.54) is 0 Å². The summed E-state index contributed by atoms with van der Waals surface area (Å²) in [6.45, 7) is 2.49. The van der Waals surface area contributed by atoms with Crippen LogP contribution in [0.3, 0.4) is 0 Å². The Kier molecular flexibility index (Phi) is 5.47. The van der Waals surface area contributed by atoms with Crippen LogP contribution >= 0.6 is 23.2 Å². The lowest BCUT2D eigenvalue weighted by molar-refractivity contribution is -0.123. The molecule has 1 heterocycles. The number of nitrogens with one attached hydrogen (secondary N) is 1. The van der Waals surface area contributed by atoms with Crippen molar-refractivity contribution < 1.29 is 9.53 Å². The minimum atomic E-state index is -0.200. The predicted octanol–water partition coefficient (Wildman–Crippen LogP) is 2.77. The van der Waals surface area contributed by atoms with Crippen LogP contribution in [0.2, 0.25) is 10.0 Å². The van der Waals surface area contributed by atoms with E-state index in [0.717, 1.165) is 0 Å². The molecule has 5 nitrogen and oxygen atoms in total. The standard InChI is InChI=1S/C14H15Cl2N3O2/c1-10(7-19-5-4-17-9-19)18-14(20)8-21-11-2-3-12(15)13(16)6-11/h2-6,9-10H,7-8H2,1H3,(H,18,20). The zero-order valence-electron chi connectivity index (χ0n) is 11.4. The van der Waals surface area contributed by atoms with E-state index >= 15 is 0 Å². The van der Waals surface area contributed by atoms with Crippen LogP contribution in [0.25, 0.3) is 0 Å². The number of hydrogen-bond donors (Lipinski definition) is 1. The molecule has 0 fully saturated rings. The molecule has 0 bridgehead atoms. The number of ether oxygens (including phenoxy) is 1. The van der Waals surface area contributed by atoms with Gasteiger partial charge in [0, 0.05) is 31.0 Å². The van der Waals surface area contributed by atoms with Gasteiger partial charge < -0.3 is 14.6 Å². The number of aromatic nitrogens is 2. The highest BCUT2D eigenvalue weighted by molar-refractivity contribution is 6.42. The number of hydrogen-bond acceptors (Lipinski definition) is 3. The second-order valence-electron chi connectivity index (χ2n) is 4.59. The second kappa shape index (κ2) is 7.33. The fourth-order valence-corrected chi connectivity index (χ4v) is 2.08. The third kappa shape index (κ3) is 4.95. The van der Waals surface area contributed by atoms with Crippen molar-refractivity contribution in [1.29, 1.82) is 0 Å². The first kappa shape index (κ1) is 15.7. The van der Waals surface area contributed by atoms with Gasteiger partial charge in [0.25, 0.3) is 5.91 Å². The molecule has 7 heteroatoms. The molecule has 1 N–H and O–H groups in total. The van der Waals surface area contributed by atoms with Crippen LogP contribution < -0.4 is 10.1 Å². The zero-order chi connectivity index (χ0) is 15.2. The largest absolute Gasteiger partial charge is 0.484 e. The molecular weight excluding hydrogens is 313 g/mol. The van der Waals surface area contributed by atoms with Gasteiger partial charge in [-0.1, -0.05) is 23.2 Å². The summed E-state index contributed by atoms with van der Waals surface area (Å²) in [5, 5.41) is 3.68. The molecule has 112 valence electrons. The van der Waals surface area contributed by atoms with E-state index < -0.39 is 0 Å². The summed E-state index contributed by atoms with van der Waals surface area (Å²) in [5.74, 6) is 0.301. The van der Waals surface area contributed by atoms with Gasteiger partial charge in [-0.2, -0.15) is 0 Å².